The molecular weight excluding hydrogens is 344 g/mol. The standard InChI is InChI=1S/C21H28N2O4/c24-18-17(19(25)20(18)26)16-15(12-6-9-13-7-4-5-8-13)22-23(21(16)27)14-10-2-1-3-11-14/h13-14,24,27H,1-12H2. The maximum atomic E-state index is 12.0. The van der Waals surface area contributed by atoms with E-state index in [1.54, 1.807) is 4.68 Å². The van der Waals surface area contributed by atoms with Crippen LogP contribution in [0.2, 0.25) is 0 Å². The predicted octanol–water partition coefficient (Wildman–Crippen LogP) is 3.58. The third-order valence-electron chi connectivity index (χ3n) is 6.51. The Hall–Kier alpha value is -2.11. The first-order chi connectivity index (χ1) is 13.1. The molecule has 146 valence electrons. The number of nitrogens with zero attached hydrogens (tertiary/aromatic N) is 2. The normalized spacial score (nSPS) is 19.3. The van der Waals surface area contributed by atoms with Gasteiger partial charge in [0.15, 0.2) is 5.75 Å². The molecule has 1 aromatic heterocycles. The average molecular weight is 372 g/mol. The highest BCUT2D eigenvalue weighted by Crippen LogP contribution is 2.40. The van der Waals surface area contributed by atoms with E-state index in [-0.39, 0.29) is 23.0 Å². The highest BCUT2D eigenvalue weighted by molar-refractivity contribution is 5.79. The zero-order chi connectivity index (χ0) is 19.0. The fraction of sp³-hybridized carbons (Fsp3) is 0.667. The van der Waals surface area contributed by atoms with Crippen LogP contribution in [-0.4, -0.2) is 20.0 Å². The number of hydrogen-bond donors (Lipinski definition) is 2. The molecule has 6 nitrogen and oxygen atoms in total. The first kappa shape index (κ1) is 18.3. The summed E-state index contributed by atoms with van der Waals surface area (Å²) in [7, 11) is 0. The van der Waals surface area contributed by atoms with Gasteiger partial charge in [-0.1, -0.05) is 51.4 Å². The molecule has 2 aliphatic rings. The van der Waals surface area contributed by atoms with Crippen LogP contribution in [0.5, 0.6) is 11.6 Å². The number of aryl methyl sites for hydroxylation is 1. The lowest BCUT2D eigenvalue weighted by Crippen LogP contribution is -2.32. The van der Waals surface area contributed by atoms with Crippen LogP contribution in [-0.2, 0) is 6.42 Å². The summed E-state index contributed by atoms with van der Waals surface area (Å²) in [6.45, 7) is 0. The van der Waals surface area contributed by atoms with Crippen molar-refractivity contribution in [2.24, 2.45) is 5.92 Å². The molecule has 0 unspecified atom stereocenters. The van der Waals surface area contributed by atoms with E-state index in [1.807, 2.05) is 0 Å². The lowest BCUT2D eigenvalue weighted by atomic mass is 9.94. The quantitative estimate of drug-likeness (QED) is 0.756. The molecule has 4 rings (SSSR count). The van der Waals surface area contributed by atoms with Gasteiger partial charge in [0.25, 0.3) is 5.43 Å². The molecule has 0 saturated heterocycles. The van der Waals surface area contributed by atoms with Crippen molar-refractivity contribution >= 4 is 0 Å². The smallest absolute Gasteiger partial charge is 0.268 e. The Morgan fingerprint density at radius 1 is 0.889 bits per heavy atom. The van der Waals surface area contributed by atoms with Crippen LogP contribution in [0, 0.1) is 5.92 Å². The van der Waals surface area contributed by atoms with Gasteiger partial charge < -0.3 is 10.2 Å². The second-order valence-corrected chi connectivity index (χ2v) is 8.31. The van der Waals surface area contributed by atoms with Crippen molar-refractivity contribution < 1.29 is 10.2 Å². The van der Waals surface area contributed by atoms with Crippen LogP contribution < -0.4 is 10.9 Å². The zero-order valence-corrected chi connectivity index (χ0v) is 15.7. The summed E-state index contributed by atoms with van der Waals surface area (Å²) in [4.78, 5) is 23.5. The number of rotatable bonds is 6. The van der Waals surface area contributed by atoms with Gasteiger partial charge in [0, 0.05) is 0 Å². The summed E-state index contributed by atoms with van der Waals surface area (Å²) >= 11 is 0. The Kier molecular flexibility index (Phi) is 5.06. The van der Waals surface area contributed by atoms with E-state index in [9.17, 15) is 19.8 Å². The molecule has 2 fully saturated rings. The van der Waals surface area contributed by atoms with Crippen molar-refractivity contribution in [2.45, 2.75) is 83.1 Å². The maximum Gasteiger partial charge on any atom is 0.268 e. The van der Waals surface area contributed by atoms with E-state index in [2.05, 4.69) is 5.10 Å². The molecular formula is C21H28N2O4. The van der Waals surface area contributed by atoms with Gasteiger partial charge in [0.1, 0.15) is 0 Å². The van der Waals surface area contributed by atoms with Crippen molar-refractivity contribution in [1.29, 1.82) is 0 Å². The minimum absolute atomic E-state index is 0.0459. The van der Waals surface area contributed by atoms with Crippen LogP contribution in [0.1, 0.15) is 82.4 Å². The Labute approximate surface area is 158 Å². The lowest BCUT2D eigenvalue weighted by Gasteiger charge is -2.22. The van der Waals surface area contributed by atoms with Crippen LogP contribution in [0.4, 0.5) is 0 Å². The topological polar surface area (TPSA) is 92.4 Å². The minimum atomic E-state index is -0.869. The molecule has 0 aliphatic heterocycles. The highest BCUT2D eigenvalue weighted by Gasteiger charge is 2.32. The van der Waals surface area contributed by atoms with E-state index in [0.717, 1.165) is 44.4 Å². The fourth-order valence-corrected chi connectivity index (χ4v) is 4.95. The Balaban J connectivity index is 1.63. The van der Waals surface area contributed by atoms with Crippen molar-refractivity contribution in [2.75, 3.05) is 0 Å². The average Bonchev–Trinajstić information content (AvgIpc) is 3.32. The van der Waals surface area contributed by atoms with Crippen LogP contribution in [0.25, 0.3) is 11.1 Å². The van der Waals surface area contributed by atoms with E-state index < -0.39 is 16.6 Å². The second-order valence-electron chi connectivity index (χ2n) is 8.31. The van der Waals surface area contributed by atoms with E-state index >= 15 is 0 Å². The zero-order valence-electron chi connectivity index (χ0n) is 15.7. The Morgan fingerprint density at radius 2 is 1.56 bits per heavy atom. The van der Waals surface area contributed by atoms with Crippen molar-refractivity contribution in [3.63, 3.8) is 0 Å². The molecule has 0 atom stereocenters. The lowest BCUT2D eigenvalue weighted by molar-refractivity contribution is 0.289. The van der Waals surface area contributed by atoms with E-state index in [4.69, 9.17) is 0 Å². The van der Waals surface area contributed by atoms with Crippen molar-refractivity contribution in [3.8, 4) is 22.8 Å². The molecule has 6 heteroatoms. The van der Waals surface area contributed by atoms with E-state index in [1.165, 1.54) is 32.1 Å². The molecule has 0 bridgehead atoms. The summed E-state index contributed by atoms with van der Waals surface area (Å²) in [6, 6.07) is 0.120. The predicted molar refractivity (Wildman–Crippen MR) is 103 cm³/mol. The number of hydrogen-bond acceptors (Lipinski definition) is 5. The van der Waals surface area contributed by atoms with Gasteiger partial charge >= 0.3 is 0 Å². The molecule has 1 aromatic carbocycles. The van der Waals surface area contributed by atoms with Gasteiger partial charge in [-0.15, -0.1) is 0 Å². The largest absolute Gasteiger partial charge is 0.503 e. The van der Waals surface area contributed by atoms with Crippen LogP contribution in [0.3, 0.4) is 0 Å². The third-order valence-corrected chi connectivity index (χ3v) is 6.51. The monoisotopic (exact) mass is 372 g/mol. The number of aromatic nitrogens is 2. The van der Waals surface area contributed by atoms with Gasteiger partial charge in [-0.05, 0) is 31.6 Å². The minimum Gasteiger partial charge on any atom is -0.503 e. The molecule has 0 spiro atoms. The molecule has 2 saturated carbocycles. The van der Waals surface area contributed by atoms with Crippen LogP contribution >= 0.6 is 0 Å². The van der Waals surface area contributed by atoms with Gasteiger partial charge in [-0.25, -0.2) is 4.68 Å². The first-order valence-corrected chi connectivity index (χ1v) is 10.4. The first-order valence-electron chi connectivity index (χ1n) is 10.4. The molecule has 0 amide bonds. The molecule has 2 aliphatic carbocycles. The summed E-state index contributed by atoms with van der Waals surface area (Å²) < 4.78 is 1.63. The Bertz CT molecular complexity index is 879. The van der Waals surface area contributed by atoms with Crippen molar-refractivity contribution in [1.82, 2.24) is 9.78 Å². The summed E-state index contributed by atoms with van der Waals surface area (Å²) in [6.07, 6.45) is 13.2. The molecule has 2 aromatic rings. The Morgan fingerprint density at radius 3 is 2.22 bits per heavy atom. The summed E-state index contributed by atoms with van der Waals surface area (Å²) in [5.41, 5.74) is -0.710. The molecule has 1 heterocycles. The molecule has 27 heavy (non-hydrogen) atoms. The summed E-state index contributed by atoms with van der Waals surface area (Å²) in [5.74, 6) is 0.165. The van der Waals surface area contributed by atoms with Gasteiger partial charge in [-0.3, -0.25) is 9.59 Å². The maximum absolute atomic E-state index is 12.0. The van der Waals surface area contributed by atoms with Gasteiger partial charge in [-0.2, -0.15) is 5.10 Å². The fourth-order valence-electron chi connectivity index (χ4n) is 4.95. The molecule has 2 N–H and O–H groups in total. The number of aromatic hydroxyl groups is 2. The third kappa shape index (κ3) is 3.30. The second kappa shape index (κ2) is 7.49. The summed E-state index contributed by atoms with van der Waals surface area (Å²) in [5, 5.41) is 25.4. The van der Waals surface area contributed by atoms with Crippen molar-refractivity contribution in [3.05, 3.63) is 26.1 Å². The van der Waals surface area contributed by atoms with Gasteiger partial charge in [0.05, 0.1) is 22.9 Å². The van der Waals surface area contributed by atoms with Crippen LogP contribution in [0.15, 0.2) is 9.59 Å². The van der Waals surface area contributed by atoms with E-state index in [0.29, 0.717) is 12.1 Å². The van der Waals surface area contributed by atoms with Gasteiger partial charge in [0.2, 0.25) is 11.3 Å². The molecule has 0 radical (unpaired) electrons. The highest BCUT2D eigenvalue weighted by atomic mass is 16.3. The SMILES string of the molecule is O=c1c(O)c(-c2c(CCCC3CCCC3)nn(C3CCCCC3)c2O)c1=O.